The number of amides is 1. The molecule has 0 radical (unpaired) electrons. The number of benzene rings is 1. The summed E-state index contributed by atoms with van der Waals surface area (Å²) in [4.78, 5) is 18.0. The minimum absolute atomic E-state index is 0.00847. The van der Waals surface area contributed by atoms with E-state index in [1.165, 1.54) is 6.20 Å². The van der Waals surface area contributed by atoms with Gasteiger partial charge in [0, 0.05) is 50.6 Å². The number of rotatable bonds is 6. The van der Waals surface area contributed by atoms with E-state index >= 15 is 0 Å². The fourth-order valence-electron chi connectivity index (χ4n) is 1.96. The Morgan fingerprint density at radius 3 is 2.83 bits per heavy atom. The number of hydrogen-bond donors (Lipinski definition) is 2. The third-order valence-corrected chi connectivity index (χ3v) is 3.29. The van der Waals surface area contributed by atoms with Crippen molar-refractivity contribution >= 4 is 17.3 Å². The maximum absolute atomic E-state index is 12.1. The van der Waals surface area contributed by atoms with Gasteiger partial charge in [-0.05, 0) is 29.8 Å². The van der Waals surface area contributed by atoms with Crippen LogP contribution in [0, 0.1) is 11.3 Å². The predicted octanol–water partition coefficient (Wildman–Crippen LogP) is 2.28. The minimum atomic E-state index is -0.433. The van der Waals surface area contributed by atoms with E-state index in [9.17, 15) is 10.1 Å². The van der Waals surface area contributed by atoms with E-state index in [1.54, 1.807) is 18.5 Å². The lowest BCUT2D eigenvalue weighted by molar-refractivity contribution is -0.117. The van der Waals surface area contributed by atoms with Gasteiger partial charge in [0.05, 0.1) is 0 Å². The number of nitriles is 1. The van der Waals surface area contributed by atoms with Crippen molar-refractivity contribution < 1.29 is 4.79 Å². The molecule has 0 aliphatic heterocycles. The van der Waals surface area contributed by atoms with Crippen LogP contribution >= 0.6 is 0 Å². The molecular weight excluding hydrogens is 302 g/mol. The molecule has 6 nitrogen and oxygen atoms in total. The standard InChI is InChI=1S/C18H19N5O/c1-23(2)17-7-3-6-16(9-17)21-13-15(10-19)18(24)22-12-14-5-4-8-20-11-14/h3-9,11,13,21H,12H2,1-2H3,(H,22,24)/b15-13-. The van der Waals surface area contributed by atoms with Gasteiger partial charge >= 0.3 is 0 Å². The molecule has 2 aromatic rings. The van der Waals surface area contributed by atoms with Crippen molar-refractivity contribution in [1.29, 1.82) is 5.26 Å². The third kappa shape index (κ3) is 4.85. The molecule has 1 aromatic heterocycles. The summed E-state index contributed by atoms with van der Waals surface area (Å²) in [5.74, 6) is -0.433. The van der Waals surface area contributed by atoms with Gasteiger partial charge in [-0.25, -0.2) is 0 Å². The SMILES string of the molecule is CN(C)c1cccc(N/C=C(/C#N)C(=O)NCc2cccnc2)c1. The molecule has 0 bridgehead atoms. The third-order valence-electron chi connectivity index (χ3n) is 3.29. The van der Waals surface area contributed by atoms with E-state index in [4.69, 9.17) is 0 Å². The number of aromatic nitrogens is 1. The normalized spacial score (nSPS) is 10.6. The second kappa shape index (κ2) is 8.34. The number of carbonyl (C=O) groups is 1. The van der Waals surface area contributed by atoms with Crippen molar-refractivity contribution in [2.45, 2.75) is 6.54 Å². The second-order valence-electron chi connectivity index (χ2n) is 5.30. The number of nitrogens with zero attached hydrogens (tertiary/aromatic N) is 3. The molecule has 0 spiro atoms. The van der Waals surface area contributed by atoms with Crippen molar-refractivity contribution in [3.63, 3.8) is 0 Å². The lowest BCUT2D eigenvalue weighted by Crippen LogP contribution is -2.24. The van der Waals surface area contributed by atoms with Crippen LogP contribution in [0.1, 0.15) is 5.56 Å². The maximum atomic E-state index is 12.1. The average Bonchev–Trinajstić information content (AvgIpc) is 2.61. The molecule has 1 aromatic carbocycles. The summed E-state index contributed by atoms with van der Waals surface area (Å²) in [6.07, 6.45) is 4.74. The van der Waals surface area contributed by atoms with Gasteiger partial charge in [-0.3, -0.25) is 9.78 Å². The molecule has 0 unspecified atom stereocenters. The van der Waals surface area contributed by atoms with Crippen molar-refractivity contribution in [3.8, 4) is 6.07 Å². The molecule has 6 heteroatoms. The van der Waals surface area contributed by atoms with Crippen molar-refractivity contribution in [2.75, 3.05) is 24.3 Å². The highest BCUT2D eigenvalue weighted by Crippen LogP contribution is 2.17. The number of hydrogen-bond acceptors (Lipinski definition) is 5. The average molecular weight is 321 g/mol. The first kappa shape index (κ1) is 17.0. The number of pyridine rings is 1. The van der Waals surface area contributed by atoms with Crippen molar-refractivity contribution in [3.05, 3.63) is 66.1 Å². The van der Waals surface area contributed by atoms with Crippen LogP contribution in [0.4, 0.5) is 11.4 Å². The van der Waals surface area contributed by atoms with Crippen LogP contribution in [0.15, 0.2) is 60.6 Å². The molecule has 1 amide bonds. The first-order valence-electron chi connectivity index (χ1n) is 7.41. The smallest absolute Gasteiger partial charge is 0.263 e. The summed E-state index contributed by atoms with van der Waals surface area (Å²) >= 11 is 0. The largest absolute Gasteiger partial charge is 0.378 e. The lowest BCUT2D eigenvalue weighted by Gasteiger charge is -2.13. The molecule has 0 atom stereocenters. The molecule has 1 heterocycles. The van der Waals surface area contributed by atoms with Gasteiger partial charge in [-0.2, -0.15) is 5.26 Å². The number of nitrogens with one attached hydrogen (secondary N) is 2. The number of anilines is 2. The molecule has 24 heavy (non-hydrogen) atoms. The van der Waals surface area contributed by atoms with E-state index in [2.05, 4.69) is 15.6 Å². The Hall–Kier alpha value is -3.33. The molecule has 0 aliphatic carbocycles. The van der Waals surface area contributed by atoms with E-state index in [0.717, 1.165) is 16.9 Å². The maximum Gasteiger partial charge on any atom is 0.263 e. The summed E-state index contributed by atoms with van der Waals surface area (Å²) in [5.41, 5.74) is 2.70. The van der Waals surface area contributed by atoms with E-state index in [0.29, 0.717) is 6.54 Å². The summed E-state index contributed by atoms with van der Waals surface area (Å²) < 4.78 is 0. The highest BCUT2D eigenvalue weighted by molar-refractivity contribution is 5.97. The number of carbonyl (C=O) groups excluding carboxylic acids is 1. The van der Waals surface area contributed by atoms with Crippen molar-refractivity contribution in [2.24, 2.45) is 0 Å². The van der Waals surface area contributed by atoms with Gasteiger partial charge in [0.25, 0.3) is 5.91 Å². The van der Waals surface area contributed by atoms with Gasteiger partial charge in [-0.1, -0.05) is 12.1 Å². The molecule has 0 saturated heterocycles. The Kier molecular flexibility index (Phi) is 5.92. The summed E-state index contributed by atoms with van der Waals surface area (Å²) in [5, 5.41) is 14.9. The van der Waals surface area contributed by atoms with E-state index in [1.807, 2.05) is 55.4 Å². The van der Waals surface area contributed by atoms with Gasteiger partial charge in [0.1, 0.15) is 11.6 Å². The zero-order valence-electron chi connectivity index (χ0n) is 13.7. The van der Waals surface area contributed by atoms with Crippen LogP contribution < -0.4 is 15.5 Å². The molecular formula is C18H19N5O. The van der Waals surface area contributed by atoms with Gasteiger partial charge in [-0.15, -0.1) is 0 Å². The zero-order chi connectivity index (χ0) is 17.4. The Morgan fingerprint density at radius 2 is 2.17 bits per heavy atom. The van der Waals surface area contributed by atoms with Crippen LogP contribution in [-0.4, -0.2) is 25.0 Å². The topological polar surface area (TPSA) is 81.0 Å². The molecule has 2 rings (SSSR count). The zero-order valence-corrected chi connectivity index (χ0v) is 13.7. The minimum Gasteiger partial charge on any atom is -0.378 e. The first-order valence-corrected chi connectivity index (χ1v) is 7.41. The Bertz CT molecular complexity index is 762. The highest BCUT2D eigenvalue weighted by atomic mass is 16.1. The van der Waals surface area contributed by atoms with Crippen LogP contribution in [0.5, 0.6) is 0 Å². The summed E-state index contributed by atoms with van der Waals surface area (Å²) in [6, 6.07) is 13.2. The summed E-state index contributed by atoms with van der Waals surface area (Å²) in [7, 11) is 3.89. The van der Waals surface area contributed by atoms with Crippen LogP contribution in [0.2, 0.25) is 0 Å². The fourth-order valence-corrected chi connectivity index (χ4v) is 1.96. The molecule has 0 aliphatic rings. The molecule has 0 fully saturated rings. The Morgan fingerprint density at radius 1 is 1.33 bits per heavy atom. The second-order valence-corrected chi connectivity index (χ2v) is 5.30. The quantitative estimate of drug-likeness (QED) is 0.630. The van der Waals surface area contributed by atoms with Gasteiger partial charge in [0.2, 0.25) is 0 Å². The Labute approximate surface area is 141 Å². The van der Waals surface area contributed by atoms with E-state index in [-0.39, 0.29) is 5.57 Å². The monoisotopic (exact) mass is 321 g/mol. The lowest BCUT2D eigenvalue weighted by atomic mass is 10.2. The Balaban J connectivity index is 1.99. The highest BCUT2D eigenvalue weighted by Gasteiger charge is 2.08. The molecule has 122 valence electrons. The predicted molar refractivity (Wildman–Crippen MR) is 94.2 cm³/mol. The van der Waals surface area contributed by atoms with Crippen molar-refractivity contribution in [1.82, 2.24) is 10.3 Å². The first-order chi connectivity index (χ1) is 11.6. The fraction of sp³-hybridized carbons (Fsp3) is 0.167. The molecule has 2 N–H and O–H groups in total. The van der Waals surface area contributed by atoms with Crippen LogP contribution in [0.3, 0.4) is 0 Å². The molecule has 0 saturated carbocycles. The van der Waals surface area contributed by atoms with Crippen LogP contribution in [0.25, 0.3) is 0 Å². The van der Waals surface area contributed by atoms with Gasteiger partial charge < -0.3 is 15.5 Å². The van der Waals surface area contributed by atoms with Crippen LogP contribution in [-0.2, 0) is 11.3 Å². The van der Waals surface area contributed by atoms with Gasteiger partial charge in [0.15, 0.2) is 0 Å². The summed E-state index contributed by atoms with van der Waals surface area (Å²) in [6.45, 7) is 0.321. The van der Waals surface area contributed by atoms with E-state index < -0.39 is 5.91 Å².